The maximum atomic E-state index is 3.69. The van der Waals surface area contributed by atoms with E-state index in [0.29, 0.717) is 6.04 Å². The lowest BCUT2D eigenvalue weighted by atomic mass is 9.96. The summed E-state index contributed by atoms with van der Waals surface area (Å²) >= 11 is 3.64. The second-order valence-corrected chi connectivity index (χ2v) is 5.81. The van der Waals surface area contributed by atoms with Gasteiger partial charge in [-0.1, -0.05) is 61.2 Å². The van der Waals surface area contributed by atoms with Crippen LogP contribution in [0.25, 0.3) is 0 Å². The number of halogens is 1. The minimum atomic E-state index is 0.508. The van der Waals surface area contributed by atoms with Gasteiger partial charge in [0.1, 0.15) is 0 Å². The van der Waals surface area contributed by atoms with Crippen molar-refractivity contribution in [1.29, 1.82) is 0 Å². The van der Waals surface area contributed by atoms with Gasteiger partial charge in [0.25, 0.3) is 0 Å². The van der Waals surface area contributed by atoms with E-state index in [2.05, 4.69) is 60.2 Å². The molecule has 0 amide bonds. The van der Waals surface area contributed by atoms with Gasteiger partial charge in [0.15, 0.2) is 0 Å². The van der Waals surface area contributed by atoms with Crippen LogP contribution in [0.3, 0.4) is 0 Å². The molecule has 1 aromatic rings. The Kier molecular flexibility index (Phi) is 7.60. The predicted octanol–water partition coefficient (Wildman–Crippen LogP) is 5.38. The molecule has 102 valence electrons. The van der Waals surface area contributed by atoms with Gasteiger partial charge in [0.2, 0.25) is 0 Å². The van der Waals surface area contributed by atoms with Crippen LogP contribution in [0.1, 0.15) is 63.1 Å². The summed E-state index contributed by atoms with van der Waals surface area (Å²) in [6.45, 7) is 7.80. The molecule has 0 aliphatic heterocycles. The molecule has 1 aromatic carbocycles. The molecule has 1 rings (SSSR count). The van der Waals surface area contributed by atoms with Crippen molar-refractivity contribution in [2.45, 2.75) is 58.9 Å². The number of rotatable bonds is 8. The number of hydrogen-bond donors (Lipinski definition) is 1. The molecule has 1 unspecified atom stereocenters. The zero-order valence-electron chi connectivity index (χ0n) is 11.9. The van der Waals surface area contributed by atoms with Crippen molar-refractivity contribution >= 4 is 15.9 Å². The van der Waals surface area contributed by atoms with Gasteiger partial charge in [0, 0.05) is 10.5 Å². The molecule has 1 N–H and O–H groups in total. The summed E-state index contributed by atoms with van der Waals surface area (Å²) < 4.78 is 1.22. The van der Waals surface area contributed by atoms with Crippen molar-refractivity contribution in [2.24, 2.45) is 0 Å². The minimum Gasteiger partial charge on any atom is -0.310 e. The van der Waals surface area contributed by atoms with E-state index in [1.807, 2.05) is 0 Å². The Labute approximate surface area is 120 Å². The summed E-state index contributed by atoms with van der Waals surface area (Å²) in [7, 11) is 0. The summed E-state index contributed by atoms with van der Waals surface area (Å²) in [5.41, 5.74) is 2.83. The first-order chi connectivity index (χ1) is 8.70. The Morgan fingerprint density at radius 3 is 2.61 bits per heavy atom. The summed E-state index contributed by atoms with van der Waals surface area (Å²) in [6.07, 6.45) is 6.36. The summed E-state index contributed by atoms with van der Waals surface area (Å²) in [5.74, 6) is 0. The molecule has 0 saturated carbocycles. The average molecular weight is 312 g/mol. The fourth-order valence-electron chi connectivity index (χ4n) is 2.29. The molecule has 2 heteroatoms. The number of benzene rings is 1. The number of unbranched alkanes of at least 4 members (excludes halogenated alkanes) is 2. The van der Waals surface area contributed by atoms with E-state index in [9.17, 15) is 0 Å². The molecule has 0 aliphatic carbocycles. The Bertz CT molecular complexity index is 349. The van der Waals surface area contributed by atoms with Gasteiger partial charge in [-0.25, -0.2) is 0 Å². The fourth-order valence-corrected chi connectivity index (χ4v) is 2.67. The predicted molar refractivity (Wildman–Crippen MR) is 84.1 cm³/mol. The zero-order chi connectivity index (χ0) is 13.4. The number of nitrogens with one attached hydrogen (secondary N) is 1. The molecule has 1 nitrogen and oxygen atoms in total. The molecule has 0 spiro atoms. The molecule has 1 atom stereocenters. The van der Waals surface area contributed by atoms with Crippen LogP contribution in [-0.4, -0.2) is 6.54 Å². The normalized spacial score (nSPS) is 12.7. The molecule has 0 aromatic heterocycles. The van der Waals surface area contributed by atoms with E-state index in [0.717, 1.165) is 6.54 Å². The van der Waals surface area contributed by atoms with Crippen molar-refractivity contribution in [3.8, 4) is 0 Å². The highest BCUT2D eigenvalue weighted by molar-refractivity contribution is 9.10. The summed E-state index contributed by atoms with van der Waals surface area (Å²) in [5, 5.41) is 3.69. The summed E-state index contributed by atoms with van der Waals surface area (Å²) in [4.78, 5) is 0. The number of hydrogen-bond acceptors (Lipinski definition) is 1. The maximum Gasteiger partial charge on any atom is 0.0323 e. The van der Waals surface area contributed by atoms with E-state index in [4.69, 9.17) is 0 Å². The Balaban J connectivity index is 2.76. The quantitative estimate of drug-likeness (QED) is 0.636. The smallest absolute Gasteiger partial charge is 0.0323 e. The highest BCUT2D eigenvalue weighted by Crippen LogP contribution is 2.27. The highest BCUT2D eigenvalue weighted by Gasteiger charge is 2.13. The third kappa shape index (κ3) is 4.74. The lowest BCUT2D eigenvalue weighted by Gasteiger charge is -2.21. The third-order valence-electron chi connectivity index (χ3n) is 3.42. The van der Waals surface area contributed by atoms with Crippen molar-refractivity contribution < 1.29 is 0 Å². The van der Waals surface area contributed by atoms with Gasteiger partial charge in [-0.15, -0.1) is 0 Å². The van der Waals surface area contributed by atoms with Crippen LogP contribution in [0.4, 0.5) is 0 Å². The monoisotopic (exact) mass is 311 g/mol. The second-order valence-electron chi connectivity index (χ2n) is 4.96. The van der Waals surface area contributed by atoms with Gasteiger partial charge in [-0.3, -0.25) is 0 Å². The second kappa shape index (κ2) is 8.71. The van der Waals surface area contributed by atoms with Crippen molar-refractivity contribution in [1.82, 2.24) is 5.32 Å². The van der Waals surface area contributed by atoms with Crippen LogP contribution in [0, 0.1) is 6.92 Å². The first-order valence-electron chi connectivity index (χ1n) is 7.19. The van der Waals surface area contributed by atoms with Crippen molar-refractivity contribution in [3.05, 3.63) is 33.8 Å². The minimum absolute atomic E-state index is 0.508. The molecular formula is C16H26BrN. The van der Waals surface area contributed by atoms with Gasteiger partial charge in [0.05, 0.1) is 0 Å². The van der Waals surface area contributed by atoms with Gasteiger partial charge in [-0.2, -0.15) is 0 Å². The highest BCUT2D eigenvalue weighted by atomic mass is 79.9. The zero-order valence-corrected chi connectivity index (χ0v) is 13.5. The maximum absolute atomic E-state index is 3.69. The van der Waals surface area contributed by atoms with E-state index in [1.54, 1.807) is 0 Å². The molecular weight excluding hydrogens is 286 g/mol. The molecule has 0 aliphatic rings. The Morgan fingerprint density at radius 1 is 1.17 bits per heavy atom. The van der Waals surface area contributed by atoms with Crippen LogP contribution >= 0.6 is 15.9 Å². The first-order valence-corrected chi connectivity index (χ1v) is 7.98. The van der Waals surface area contributed by atoms with E-state index in [-0.39, 0.29) is 0 Å². The molecule has 0 radical (unpaired) electrons. The molecule has 0 bridgehead atoms. The average Bonchev–Trinajstić information content (AvgIpc) is 2.37. The van der Waals surface area contributed by atoms with E-state index >= 15 is 0 Å². The van der Waals surface area contributed by atoms with Crippen molar-refractivity contribution in [3.63, 3.8) is 0 Å². The molecule has 0 saturated heterocycles. The van der Waals surface area contributed by atoms with Crippen molar-refractivity contribution in [2.75, 3.05) is 6.54 Å². The van der Waals surface area contributed by atoms with E-state index < -0.39 is 0 Å². The molecule has 0 fully saturated rings. The van der Waals surface area contributed by atoms with Crippen LogP contribution in [0.5, 0.6) is 0 Å². The molecule has 18 heavy (non-hydrogen) atoms. The van der Waals surface area contributed by atoms with Gasteiger partial charge in [-0.05, 0) is 43.5 Å². The topological polar surface area (TPSA) is 12.0 Å². The van der Waals surface area contributed by atoms with Crippen LogP contribution in [0.15, 0.2) is 22.7 Å². The third-order valence-corrected chi connectivity index (χ3v) is 4.28. The van der Waals surface area contributed by atoms with E-state index in [1.165, 1.54) is 47.7 Å². The van der Waals surface area contributed by atoms with Crippen LogP contribution in [0.2, 0.25) is 0 Å². The first kappa shape index (κ1) is 15.7. The Morgan fingerprint density at radius 2 is 1.94 bits per heavy atom. The molecule has 0 heterocycles. The SMILES string of the molecule is CCCCCC(NCCC)c1cccc(Br)c1C. The lowest BCUT2D eigenvalue weighted by Crippen LogP contribution is -2.23. The largest absolute Gasteiger partial charge is 0.310 e. The van der Waals surface area contributed by atoms with Gasteiger partial charge >= 0.3 is 0 Å². The fraction of sp³-hybridized carbons (Fsp3) is 0.625. The van der Waals surface area contributed by atoms with Crippen LogP contribution in [-0.2, 0) is 0 Å². The lowest BCUT2D eigenvalue weighted by molar-refractivity contribution is 0.472. The Hall–Kier alpha value is -0.340. The van der Waals surface area contributed by atoms with Gasteiger partial charge < -0.3 is 5.32 Å². The standard InChI is InChI=1S/C16H26BrN/c1-4-6-7-11-16(18-12-5-2)14-9-8-10-15(17)13(14)3/h8-10,16,18H,4-7,11-12H2,1-3H3. The van der Waals surface area contributed by atoms with Crippen LogP contribution < -0.4 is 5.32 Å². The summed E-state index contributed by atoms with van der Waals surface area (Å²) in [6, 6.07) is 7.04.